The Bertz CT molecular complexity index is 973. The summed E-state index contributed by atoms with van der Waals surface area (Å²) in [7, 11) is 0. The molecule has 9 heteroatoms. The maximum atomic E-state index is 12.1. The first-order valence-corrected chi connectivity index (χ1v) is 10.2. The molecule has 0 bridgehead atoms. The van der Waals surface area contributed by atoms with Crippen LogP contribution >= 0.6 is 11.8 Å². The molecule has 1 heterocycles. The molecule has 0 atom stereocenters. The minimum Gasteiger partial charge on any atom is -0.435 e. The van der Waals surface area contributed by atoms with Crippen LogP contribution in [0.3, 0.4) is 0 Å². The largest absolute Gasteiger partial charge is 0.435 e. The number of nitrogens with one attached hydrogen (secondary N) is 1. The number of ether oxygens (including phenoxy) is 1. The number of aryl methyl sites for hydroxylation is 2. The average Bonchev–Trinajstić information content (AvgIpc) is 3.16. The summed E-state index contributed by atoms with van der Waals surface area (Å²) in [5, 5.41) is 11.2. The third-order valence-corrected chi connectivity index (χ3v) is 4.90. The molecule has 0 aliphatic heterocycles. The second kappa shape index (κ2) is 10.2. The van der Waals surface area contributed by atoms with E-state index in [0.717, 1.165) is 22.3 Å². The van der Waals surface area contributed by atoms with Gasteiger partial charge in [0.25, 0.3) is 5.22 Å². The van der Waals surface area contributed by atoms with Gasteiger partial charge in [0, 0.05) is 12.1 Å². The molecule has 0 fully saturated rings. The van der Waals surface area contributed by atoms with E-state index >= 15 is 0 Å². The van der Waals surface area contributed by atoms with Crippen molar-refractivity contribution >= 4 is 17.7 Å². The number of aromatic nitrogens is 2. The molecule has 0 saturated carbocycles. The summed E-state index contributed by atoms with van der Waals surface area (Å²) in [5.74, 6) is 0.511. The Labute approximate surface area is 177 Å². The summed E-state index contributed by atoms with van der Waals surface area (Å²) >= 11 is 1.17. The zero-order valence-electron chi connectivity index (χ0n) is 16.5. The fourth-order valence-corrected chi connectivity index (χ4v) is 3.44. The number of hydrogen-bond donors (Lipinski definition) is 1. The van der Waals surface area contributed by atoms with E-state index in [1.807, 2.05) is 26.0 Å². The quantitative estimate of drug-likeness (QED) is 0.504. The zero-order chi connectivity index (χ0) is 21.5. The van der Waals surface area contributed by atoms with Crippen molar-refractivity contribution in [3.05, 3.63) is 59.2 Å². The Balaban J connectivity index is 1.42. The molecule has 0 spiro atoms. The van der Waals surface area contributed by atoms with Crippen LogP contribution in [-0.2, 0) is 11.2 Å². The van der Waals surface area contributed by atoms with Gasteiger partial charge in [0.1, 0.15) is 5.75 Å². The molecule has 0 aliphatic carbocycles. The number of carbonyl (C=O) groups excluding carboxylic acids is 1. The van der Waals surface area contributed by atoms with Crippen LogP contribution in [0.2, 0.25) is 0 Å². The van der Waals surface area contributed by atoms with Gasteiger partial charge in [0.05, 0.1) is 5.75 Å². The molecule has 1 N–H and O–H groups in total. The van der Waals surface area contributed by atoms with Gasteiger partial charge in [-0.1, -0.05) is 41.1 Å². The van der Waals surface area contributed by atoms with Crippen LogP contribution in [0.25, 0.3) is 11.5 Å². The predicted octanol–water partition coefficient (Wildman–Crippen LogP) is 4.41. The minimum absolute atomic E-state index is 0.105. The molecule has 0 saturated heterocycles. The third kappa shape index (κ3) is 6.55. The summed E-state index contributed by atoms with van der Waals surface area (Å²) in [5.41, 5.74) is 3.96. The highest BCUT2D eigenvalue weighted by atomic mass is 32.2. The highest BCUT2D eigenvalue weighted by molar-refractivity contribution is 7.99. The van der Waals surface area contributed by atoms with Crippen molar-refractivity contribution in [1.82, 2.24) is 15.5 Å². The number of nitrogens with zero attached hydrogens (tertiary/aromatic N) is 2. The Morgan fingerprint density at radius 1 is 1.13 bits per heavy atom. The molecule has 30 heavy (non-hydrogen) atoms. The molecule has 2 aromatic carbocycles. The molecule has 6 nitrogen and oxygen atoms in total. The normalized spacial score (nSPS) is 11.0. The van der Waals surface area contributed by atoms with Crippen LogP contribution in [0.1, 0.15) is 16.7 Å². The number of hydrogen-bond acceptors (Lipinski definition) is 6. The van der Waals surface area contributed by atoms with Crippen molar-refractivity contribution in [3.8, 4) is 17.2 Å². The summed E-state index contributed by atoms with van der Waals surface area (Å²) in [6.45, 7) is 1.58. The van der Waals surface area contributed by atoms with Gasteiger partial charge >= 0.3 is 6.61 Å². The molecule has 3 rings (SSSR count). The monoisotopic (exact) mass is 433 g/mol. The van der Waals surface area contributed by atoms with Gasteiger partial charge in [-0.05, 0) is 50.1 Å². The smallest absolute Gasteiger partial charge is 0.387 e. The number of amides is 1. The van der Waals surface area contributed by atoms with E-state index in [1.165, 1.54) is 23.9 Å². The van der Waals surface area contributed by atoms with E-state index < -0.39 is 6.61 Å². The van der Waals surface area contributed by atoms with Crippen LogP contribution in [-0.4, -0.2) is 35.0 Å². The van der Waals surface area contributed by atoms with Crippen molar-refractivity contribution in [2.24, 2.45) is 0 Å². The lowest BCUT2D eigenvalue weighted by molar-refractivity contribution is -0.118. The number of thioether (sulfide) groups is 1. The molecule has 1 amide bonds. The van der Waals surface area contributed by atoms with E-state index in [0.29, 0.717) is 24.1 Å². The molecule has 0 aliphatic rings. The molecule has 158 valence electrons. The standard InChI is InChI=1S/C21H21F2N3O3S/c1-13-9-14(2)11-16(10-13)19-25-26-21(29-19)30-12-18(27)24-8-7-15-3-5-17(6-4-15)28-20(22)23/h3-6,9-11,20H,7-8,12H2,1-2H3,(H,24,27). The molecule has 0 radical (unpaired) electrons. The van der Waals surface area contributed by atoms with Crippen LogP contribution in [0.15, 0.2) is 52.1 Å². The van der Waals surface area contributed by atoms with Gasteiger partial charge in [-0.3, -0.25) is 4.79 Å². The lowest BCUT2D eigenvalue weighted by atomic mass is 10.1. The Hall–Kier alpha value is -2.94. The van der Waals surface area contributed by atoms with Crippen molar-refractivity contribution in [1.29, 1.82) is 0 Å². The first-order chi connectivity index (χ1) is 14.4. The van der Waals surface area contributed by atoms with E-state index in [2.05, 4.69) is 26.3 Å². The van der Waals surface area contributed by atoms with Crippen molar-refractivity contribution in [3.63, 3.8) is 0 Å². The topological polar surface area (TPSA) is 77.2 Å². The van der Waals surface area contributed by atoms with Crippen LogP contribution in [0.5, 0.6) is 5.75 Å². The predicted molar refractivity (Wildman–Crippen MR) is 110 cm³/mol. The molecular formula is C21H21F2N3O3S. The second-order valence-electron chi connectivity index (χ2n) is 6.66. The van der Waals surface area contributed by atoms with Gasteiger partial charge in [-0.25, -0.2) is 0 Å². The Morgan fingerprint density at radius 2 is 1.83 bits per heavy atom. The highest BCUT2D eigenvalue weighted by Gasteiger charge is 2.12. The second-order valence-corrected chi connectivity index (χ2v) is 7.59. The highest BCUT2D eigenvalue weighted by Crippen LogP contribution is 2.24. The summed E-state index contributed by atoms with van der Waals surface area (Å²) < 4.78 is 34.2. The van der Waals surface area contributed by atoms with E-state index in [9.17, 15) is 13.6 Å². The van der Waals surface area contributed by atoms with E-state index in [1.54, 1.807) is 12.1 Å². The van der Waals surface area contributed by atoms with Gasteiger partial charge in [0.15, 0.2) is 0 Å². The van der Waals surface area contributed by atoms with E-state index in [-0.39, 0.29) is 17.4 Å². The number of rotatable bonds is 9. The first-order valence-electron chi connectivity index (χ1n) is 9.24. The molecule has 1 aromatic heterocycles. The summed E-state index contributed by atoms with van der Waals surface area (Å²) in [4.78, 5) is 12.0. The van der Waals surface area contributed by atoms with Gasteiger partial charge in [-0.15, -0.1) is 10.2 Å². The summed E-state index contributed by atoms with van der Waals surface area (Å²) in [6, 6.07) is 12.3. The van der Waals surface area contributed by atoms with Gasteiger partial charge < -0.3 is 14.5 Å². The van der Waals surface area contributed by atoms with E-state index in [4.69, 9.17) is 4.42 Å². The van der Waals surface area contributed by atoms with Crippen molar-refractivity contribution in [2.75, 3.05) is 12.3 Å². The number of alkyl halides is 2. The van der Waals surface area contributed by atoms with Crippen molar-refractivity contribution < 1.29 is 22.7 Å². The SMILES string of the molecule is Cc1cc(C)cc(-c2nnc(SCC(=O)NCCc3ccc(OC(F)F)cc3)o2)c1. The fraction of sp³-hybridized carbons (Fsp3) is 0.286. The maximum Gasteiger partial charge on any atom is 0.387 e. The van der Waals surface area contributed by atoms with Crippen LogP contribution in [0, 0.1) is 13.8 Å². The van der Waals surface area contributed by atoms with Crippen molar-refractivity contribution in [2.45, 2.75) is 32.1 Å². The number of benzene rings is 2. The van der Waals surface area contributed by atoms with Gasteiger partial charge in [0.2, 0.25) is 11.8 Å². The fourth-order valence-electron chi connectivity index (χ4n) is 2.85. The molecular weight excluding hydrogens is 412 g/mol. The Kier molecular flexibility index (Phi) is 7.40. The van der Waals surface area contributed by atoms with Crippen LogP contribution in [0.4, 0.5) is 8.78 Å². The maximum absolute atomic E-state index is 12.1. The lowest BCUT2D eigenvalue weighted by Gasteiger charge is -2.07. The molecule has 0 unspecified atom stereocenters. The minimum atomic E-state index is -2.84. The molecule has 3 aromatic rings. The number of halogens is 2. The lowest BCUT2D eigenvalue weighted by Crippen LogP contribution is -2.27. The Morgan fingerprint density at radius 3 is 2.50 bits per heavy atom. The number of carbonyl (C=O) groups is 1. The average molecular weight is 433 g/mol. The van der Waals surface area contributed by atoms with Gasteiger partial charge in [-0.2, -0.15) is 8.78 Å². The summed E-state index contributed by atoms with van der Waals surface area (Å²) in [6.07, 6.45) is 0.572. The third-order valence-electron chi connectivity index (χ3n) is 4.09. The first kappa shape index (κ1) is 21.8. The zero-order valence-corrected chi connectivity index (χ0v) is 17.3. The van der Waals surface area contributed by atoms with Crippen LogP contribution < -0.4 is 10.1 Å².